The van der Waals surface area contributed by atoms with Crippen molar-refractivity contribution in [3.63, 3.8) is 0 Å². The summed E-state index contributed by atoms with van der Waals surface area (Å²) in [4.78, 5) is 53.9. The fraction of sp³-hybridized carbons (Fsp3) is 0.800. The number of carbonyl (C=O) groups excluding carboxylic acids is 2. The van der Waals surface area contributed by atoms with Crippen molar-refractivity contribution in [1.82, 2.24) is 0 Å². The first kappa shape index (κ1) is 21.9. The van der Waals surface area contributed by atoms with E-state index in [4.69, 9.17) is 19.6 Å². The van der Waals surface area contributed by atoms with Gasteiger partial charge < -0.3 is 24.4 Å². The van der Waals surface area contributed by atoms with E-state index in [2.05, 4.69) is 0 Å². The Morgan fingerprint density at radius 3 is 1.70 bits per heavy atom. The summed E-state index contributed by atoms with van der Waals surface area (Å²) >= 11 is 0. The Hall–Kier alpha value is -0.360. The predicted octanol–water partition coefficient (Wildman–Crippen LogP) is 0.922. The van der Waals surface area contributed by atoms with Gasteiger partial charge in [0.25, 0.3) is 0 Å². The van der Waals surface area contributed by atoms with E-state index in [0.29, 0.717) is 19.1 Å². The molecule has 0 aliphatic rings. The second-order valence-electron chi connectivity index (χ2n) is 4.15. The maximum absolute atomic E-state index is 11.1. The quantitative estimate of drug-likeness (QED) is 0.378. The van der Waals surface area contributed by atoms with E-state index in [1.165, 1.54) is 0 Å². The molecule has 0 aromatic heterocycles. The predicted molar refractivity (Wildman–Crippen MR) is 73.6 cm³/mol. The van der Waals surface area contributed by atoms with Gasteiger partial charge in [-0.3, -0.25) is 13.9 Å². The van der Waals surface area contributed by atoms with Crippen LogP contribution < -0.4 is 0 Å². The molecule has 120 valence electrons. The van der Waals surface area contributed by atoms with Gasteiger partial charge in [-0.05, 0) is 12.8 Å². The summed E-state index contributed by atoms with van der Waals surface area (Å²) in [7, 11) is -8.07. The van der Waals surface area contributed by atoms with Crippen LogP contribution >= 0.6 is 15.2 Å². The maximum atomic E-state index is 11.1. The fourth-order valence-electron chi connectivity index (χ4n) is 1.30. The highest BCUT2D eigenvalue weighted by atomic mass is 31.2. The third kappa shape index (κ3) is 15.7. The van der Waals surface area contributed by atoms with Gasteiger partial charge in [0.1, 0.15) is 18.2 Å². The summed E-state index contributed by atoms with van der Waals surface area (Å²) in [6.07, 6.45) is 0.768. The zero-order chi connectivity index (χ0) is 16.4. The van der Waals surface area contributed by atoms with Gasteiger partial charge in [-0.15, -0.1) is 0 Å². The summed E-state index contributed by atoms with van der Waals surface area (Å²) in [5.41, 5.74) is 0. The molecule has 8 nitrogen and oxygen atoms in total. The smallest absolute Gasteiger partial charge is 0.324 e. The molecule has 4 N–H and O–H groups in total. The van der Waals surface area contributed by atoms with Crippen molar-refractivity contribution in [1.29, 1.82) is 0 Å². The van der Waals surface area contributed by atoms with Crippen LogP contribution in [0.25, 0.3) is 0 Å². The van der Waals surface area contributed by atoms with Crippen LogP contribution in [0.3, 0.4) is 0 Å². The van der Waals surface area contributed by atoms with Gasteiger partial charge in [0.05, 0.1) is 6.16 Å². The van der Waals surface area contributed by atoms with Crippen molar-refractivity contribution in [2.24, 2.45) is 5.92 Å². The van der Waals surface area contributed by atoms with Gasteiger partial charge in [-0.2, -0.15) is 0 Å². The molecule has 0 aromatic rings. The molecular formula is C10H22O8P2. The molecule has 0 spiro atoms. The third-order valence-electron chi connectivity index (χ3n) is 2.34. The molecule has 0 saturated heterocycles. The molecule has 0 amide bonds. The minimum Gasteiger partial charge on any atom is -0.324 e. The van der Waals surface area contributed by atoms with Gasteiger partial charge in [0.2, 0.25) is 0 Å². The lowest BCUT2D eigenvalue weighted by Crippen LogP contribution is -2.16. The van der Waals surface area contributed by atoms with Crippen molar-refractivity contribution in [2.45, 2.75) is 33.1 Å². The van der Waals surface area contributed by atoms with Crippen molar-refractivity contribution in [3.05, 3.63) is 0 Å². The number of hydrogen-bond donors (Lipinski definition) is 4. The summed E-state index contributed by atoms with van der Waals surface area (Å²) in [5.74, 6) is -0.522. The van der Waals surface area contributed by atoms with Crippen molar-refractivity contribution >= 4 is 27.3 Å². The van der Waals surface area contributed by atoms with Crippen LogP contribution in [0.5, 0.6) is 0 Å². The molecule has 0 saturated carbocycles. The van der Waals surface area contributed by atoms with Crippen molar-refractivity contribution in [3.8, 4) is 0 Å². The van der Waals surface area contributed by atoms with Crippen LogP contribution in [0.15, 0.2) is 0 Å². The van der Waals surface area contributed by atoms with Crippen molar-refractivity contribution in [2.75, 3.05) is 12.3 Å². The van der Waals surface area contributed by atoms with Gasteiger partial charge in [-0.1, -0.05) is 13.8 Å². The van der Waals surface area contributed by atoms with E-state index in [-0.39, 0.29) is 24.3 Å². The van der Waals surface area contributed by atoms with Gasteiger partial charge >= 0.3 is 15.2 Å². The largest absolute Gasteiger partial charge is 0.332 e. The van der Waals surface area contributed by atoms with Crippen LogP contribution in [-0.4, -0.2) is 44.0 Å². The molecule has 0 aliphatic heterocycles. The van der Waals surface area contributed by atoms with Crippen LogP contribution in [0.2, 0.25) is 0 Å². The van der Waals surface area contributed by atoms with Gasteiger partial charge in [-0.25, -0.2) is 0 Å². The molecule has 0 fully saturated rings. The summed E-state index contributed by atoms with van der Waals surface area (Å²) in [5, 5.41) is 0. The third-order valence-corrected chi connectivity index (χ3v) is 3.91. The summed E-state index contributed by atoms with van der Waals surface area (Å²) < 4.78 is 20.4. The minimum absolute atomic E-state index is 0.0652. The lowest BCUT2D eigenvalue weighted by Gasteiger charge is -2.10. The van der Waals surface area contributed by atoms with Gasteiger partial charge in [0, 0.05) is 12.3 Å². The average Bonchev–Trinajstić information content (AvgIpc) is 2.25. The van der Waals surface area contributed by atoms with Crippen LogP contribution in [0, 0.1) is 5.92 Å². The Kier molecular flexibility index (Phi) is 11.4. The molecule has 10 heteroatoms. The minimum atomic E-state index is -4.15. The van der Waals surface area contributed by atoms with E-state index < -0.39 is 21.4 Å². The average molecular weight is 332 g/mol. The first-order chi connectivity index (χ1) is 8.96. The molecular weight excluding hydrogens is 310 g/mol. The molecule has 0 heterocycles. The molecule has 0 unspecified atom stereocenters. The SMILES string of the molecule is CCC(CC)C(=O)CP(=O)(O)O.O=CCCP(=O)(O)O. The Labute approximate surface area is 117 Å². The Morgan fingerprint density at radius 1 is 1.05 bits per heavy atom. The van der Waals surface area contributed by atoms with Crippen LogP contribution in [0.4, 0.5) is 0 Å². The number of Topliss-reactive ketones (excluding diaryl/α,β-unsaturated/α-hetero) is 1. The lowest BCUT2D eigenvalue weighted by atomic mass is 10.00. The zero-order valence-electron chi connectivity index (χ0n) is 11.5. The second-order valence-corrected chi connectivity index (χ2v) is 7.57. The Balaban J connectivity index is 0. The number of aldehydes is 1. The van der Waals surface area contributed by atoms with E-state index in [0.717, 1.165) is 0 Å². The number of hydrogen-bond acceptors (Lipinski definition) is 4. The zero-order valence-corrected chi connectivity index (χ0v) is 13.3. The summed E-state index contributed by atoms with van der Waals surface area (Å²) in [6, 6.07) is 0. The van der Waals surface area contributed by atoms with Gasteiger partial charge in [0.15, 0.2) is 0 Å². The number of rotatable bonds is 8. The van der Waals surface area contributed by atoms with E-state index in [1.54, 1.807) is 0 Å². The highest BCUT2D eigenvalue weighted by molar-refractivity contribution is 7.52. The van der Waals surface area contributed by atoms with Crippen LogP contribution in [0.1, 0.15) is 33.1 Å². The molecule has 0 aliphatic carbocycles. The normalized spacial score (nSPS) is 11.8. The monoisotopic (exact) mass is 332 g/mol. The first-order valence-corrected chi connectivity index (χ1v) is 9.61. The standard InChI is InChI=1S/C7H15O4P.C3H7O4P/c1-3-6(4-2)7(8)5-12(9,10)11;4-2-1-3-8(5,6)7/h6H,3-5H2,1-2H3,(H2,9,10,11);2H,1,3H2,(H2,5,6,7). The highest BCUT2D eigenvalue weighted by Gasteiger charge is 2.23. The molecule has 0 atom stereocenters. The second kappa shape index (κ2) is 10.4. The van der Waals surface area contributed by atoms with E-state index in [9.17, 15) is 18.7 Å². The fourth-order valence-corrected chi connectivity index (χ4v) is 2.40. The molecule has 0 rings (SSSR count). The molecule has 0 aromatic carbocycles. The summed E-state index contributed by atoms with van der Waals surface area (Å²) in [6.45, 7) is 3.68. The maximum Gasteiger partial charge on any atom is 0.332 e. The number of carbonyl (C=O) groups is 2. The van der Waals surface area contributed by atoms with Crippen LogP contribution in [-0.2, 0) is 18.7 Å². The highest BCUT2D eigenvalue weighted by Crippen LogP contribution is 2.35. The molecule has 0 radical (unpaired) electrons. The first-order valence-electron chi connectivity index (χ1n) is 6.02. The Bertz CT molecular complexity index is 379. The van der Waals surface area contributed by atoms with Crippen molar-refractivity contribution < 1.29 is 38.3 Å². The van der Waals surface area contributed by atoms with E-state index in [1.807, 2.05) is 13.8 Å². The topological polar surface area (TPSA) is 149 Å². The Morgan fingerprint density at radius 2 is 1.50 bits per heavy atom. The molecule has 0 bridgehead atoms. The molecule has 20 heavy (non-hydrogen) atoms. The number of ketones is 1. The van der Waals surface area contributed by atoms with E-state index >= 15 is 0 Å². The lowest BCUT2D eigenvalue weighted by molar-refractivity contribution is -0.120.